The van der Waals surface area contributed by atoms with Crippen molar-refractivity contribution in [2.75, 3.05) is 0 Å². The van der Waals surface area contributed by atoms with E-state index in [2.05, 4.69) is 13.2 Å². The van der Waals surface area contributed by atoms with Crippen molar-refractivity contribution in [3.05, 3.63) is 25.3 Å². The van der Waals surface area contributed by atoms with Crippen molar-refractivity contribution in [1.29, 1.82) is 0 Å². The lowest BCUT2D eigenvalue weighted by Gasteiger charge is -2.39. The molecule has 130 valence electrons. The highest BCUT2D eigenvalue weighted by atomic mass is 16.4. The first-order valence-corrected chi connectivity index (χ1v) is 9.04. The Balaban J connectivity index is 3.77. The predicted molar refractivity (Wildman–Crippen MR) is 97.0 cm³/mol. The molecule has 0 spiro atoms. The van der Waals surface area contributed by atoms with Gasteiger partial charge in [0, 0.05) is 0 Å². The van der Waals surface area contributed by atoms with Gasteiger partial charge in [0.15, 0.2) is 0 Å². The summed E-state index contributed by atoms with van der Waals surface area (Å²) in [5, 5.41) is 21.1. The molecule has 0 aromatic heterocycles. The van der Waals surface area contributed by atoms with Gasteiger partial charge in [0.1, 0.15) is 0 Å². The molecular weight excluding hydrogens is 272 g/mol. The van der Waals surface area contributed by atoms with Gasteiger partial charge in [-0.2, -0.15) is 0 Å². The highest BCUT2D eigenvalue weighted by Crippen LogP contribution is 2.32. The Morgan fingerprint density at radius 1 is 0.636 bits per heavy atom. The molecule has 0 aromatic rings. The lowest BCUT2D eigenvalue weighted by atomic mass is 9.78. The van der Waals surface area contributed by atoms with Gasteiger partial charge in [-0.05, 0) is 52.4 Å². The molecule has 0 unspecified atom stereocenters. The van der Waals surface area contributed by atoms with Gasteiger partial charge in [0.05, 0.1) is 11.2 Å². The third kappa shape index (κ3) is 9.42. The molecule has 22 heavy (non-hydrogen) atoms. The molecule has 0 amide bonds. The van der Waals surface area contributed by atoms with Crippen molar-refractivity contribution in [2.24, 2.45) is 0 Å². The largest absolute Gasteiger partial charge is 0.387 e. The van der Waals surface area contributed by atoms with Crippen LogP contribution in [0.25, 0.3) is 0 Å². The number of unbranched alkanes of at least 4 members (excludes halogenated alkanes) is 8. The lowest BCUT2D eigenvalue weighted by molar-refractivity contribution is -0.140. The minimum atomic E-state index is -1.01. The first kappa shape index (κ1) is 21.4. The molecular formula is C20H38O2. The summed E-state index contributed by atoms with van der Waals surface area (Å²) < 4.78 is 0. The van der Waals surface area contributed by atoms with Crippen molar-refractivity contribution in [3.63, 3.8) is 0 Å². The van der Waals surface area contributed by atoms with Gasteiger partial charge in [-0.15, -0.1) is 13.2 Å². The van der Waals surface area contributed by atoms with Crippen LogP contribution in [-0.4, -0.2) is 21.4 Å². The van der Waals surface area contributed by atoms with Crippen molar-refractivity contribution in [1.82, 2.24) is 0 Å². The average molecular weight is 311 g/mol. The molecule has 2 heteroatoms. The van der Waals surface area contributed by atoms with Gasteiger partial charge in [0.2, 0.25) is 0 Å². The summed E-state index contributed by atoms with van der Waals surface area (Å²) in [6.45, 7) is 11.0. The van der Waals surface area contributed by atoms with E-state index in [9.17, 15) is 10.2 Å². The van der Waals surface area contributed by atoms with E-state index in [1.807, 2.05) is 12.2 Å². The van der Waals surface area contributed by atoms with E-state index in [1.54, 1.807) is 13.8 Å². The van der Waals surface area contributed by atoms with E-state index in [4.69, 9.17) is 0 Å². The monoisotopic (exact) mass is 310 g/mol. The summed E-state index contributed by atoms with van der Waals surface area (Å²) >= 11 is 0. The first-order chi connectivity index (χ1) is 10.4. The van der Waals surface area contributed by atoms with E-state index >= 15 is 0 Å². The standard InChI is InChI=1S/C20H38O2/c1-5-7-9-10-11-12-13-14-16-18-20(4,22)19(3,21)17-15-8-6-2/h5-6,21-22H,1-2,7-18H2,3-4H3/t19-,20+/m0/s1. The normalized spacial score (nSPS) is 16.7. The number of allylic oxidation sites excluding steroid dienone is 2. The van der Waals surface area contributed by atoms with E-state index < -0.39 is 11.2 Å². The molecule has 0 radical (unpaired) electrons. The zero-order valence-electron chi connectivity index (χ0n) is 14.9. The van der Waals surface area contributed by atoms with Gasteiger partial charge in [-0.1, -0.05) is 50.7 Å². The maximum absolute atomic E-state index is 10.6. The third-order valence-corrected chi connectivity index (χ3v) is 4.80. The number of hydrogen-bond donors (Lipinski definition) is 2. The van der Waals surface area contributed by atoms with Crippen molar-refractivity contribution < 1.29 is 10.2 Å². The number of rotatable bonds is 15. The molecule has 2 nitrogen and oxygen atoms in total. The smallest absolute Gasteiger partial charge is 0.0902 e. The van der Waals surface area contributed by atoms with Crippen LogP contribution in [0.1, 0.15) is 90.9 Å². The van der Waals surface area contributed by atoms with Crippen LogP contribution >= 0.6 is 0 Å². The summed E-state index contributed by atoms with van der Waals surface area (Å²) in [5.74, 6) is 0. The maximum atomic E-state index is 10.6. The zero-order chi connectivity index (χ0) is 16.9. The fourth-order valence-corrected chi connectivity index (χ4v) is 2.77. The SMILES string of the molecule is C=CCCCCCCCCC[C@@](C)(O)[C@@](C)(O)CCCC=C. The molecule has 0 saturated carbocycles. The summed E-state index contributed by atoms with van der Waals surface area (Å²) in [6.07, 6.45) is 16.5. The highest BCUT2D eigenvalue weighted by Gasteiger charge is 2.40. The van der Waals surface area contributed by atoms with Crippen LogP contribution in [0.15, 0.2) is 25.3 Å². The van der Waals surface area contributed by atoms with E-state index in [0.717, 1.165) is 32.1 Å². The van der Waals surface area contributed by atoms with E-state index in [0.29, 0.717) is 12.8 Å². The van der Waals surface area contributed by atoms with Gasteiger partial charge in [-0.3, -0.25) is 0 Å². The predicted octanol–water partition coefficient (Wildman–Crippen LogP) is 5.54. The minimum absolute atomic E-state index is 0.620. The second kappa shape index (κ2) is 11.9. The Labute approximate surface area is 138 Å². The third-order valence-electron chi connectivity index (χ3n) is 4.80. The summed E-state index contributed by atoms with van der Waals surface area (Å²) in [4.78, 5) is 0. The molecule has 0 aliphatic heterocycles. The van der Waals surface area contributed by atoms with Crippen LogP contribution in [0.4, 0.5) is 0 Å². The molecule has 0 bridgehead atoms. The molecule has 0 aromatic carbocycles. The highest BCUT2D eigenvalue weighted by molar-refractivity contribution is 4.93. The van der Waals surface area contributed by atoms with E-state index in [1.165, 1.54) is 32.1 Å². The quantitative estimate of drug-likeness (QED) is 0.308. The Morgan fingerprint density at radius 3 is 1.50 bits per heavy atom. The Hall–Kier alpha value is -0.600. The molecule has 0 fully saturated rings. The Morgan fingerprint density at radius 2 is 1.00 bits per heavy atom. The van der Waals surface area contributed by atoms with Gasteiger partial charge in [0.25, 0.3) is 0 Å². The topological polar surface area (TPSA) is 40.5 Å². The van der Waals surface area contributed by atoms with Crippen LogP contribution in [0.3, 0.4) is 0 Å². The van der Waals surface area contributed by atoms with Gasteiger partial charge in [-0.25, -0.2) is 0 Å². The molecule has 0 saturated heterocycles. The molecule has 0 heterocycles. The zero-order valence-corrected chi connectivity index (χ0v) is 14.9. The van der Waals surface area contributed by atoms with Crippen molar-refractivity contribution >= 4 is 0 Å². The fraction of sp³-hybridized carbons (Fsp3) is 0.800. The van der Waals surface area contributed by atoms with Crippen molar-refractivity contribution in [2.45, 2.75) is 102 Å². The average Bonchev–Trinajstić information content (AvgIpc) is 2.45. The number of hydrogen-bond acceptors (Lipinski definition) is 2. The van der Waals surface area contributed by atoms with Gasteiger partial charge >= 0.3 is 0 Å². The van der Waals surface area contributed by atoms with Crippen molar-refractivity contribution in [3.8, 4) is 0 Å². The Kier molecular flexibility index (Phi) is 11.6. The first-order valence-electron chi connectivity index (χ1n) is 9.04. The minimum Gasteiger partial charge on any atom is -0.387 e. The van der Waals surface area contributed by atoms with Crippen LogP contribution in [-0.2, 0) is 0 Å². The van der Waals surface area contributed by atoms with Crippen LogP contribution in [0.2, 0.25) is 0 Å². The summed E-state index contributed by atoms with van der Waals surface area (Å²) in [7, 11) is 0. The molecule has 0 rings (SSSR count). The molecule has 2 atom stereocenters. The second-order valence-electron chi connectivity index (χ2n) is 7.03. The molecule has 0 aliphatic rings. The summed E-state index contributed by atoms with van der Waals surface area (Å²) in [6, 6.07) is 0. The Bertz CT molecular complexity index is 292. The van der Waals surface area contributed by atoms with Crippen LogP contribution < -0.4 is 0 Å². The molecule has 2 N–H and O–H groups in total. The van der Waals surface area contributed by atoms with Crippen LogP contribution in [0, 0.1) is 0 Å². The number of aliphatic hydroxyl groups is 2. The molecule has 0 aliphatic carbocycles. The maximum Gasteiger partial charge on any atom is 0.0902 e. The lowest BCUT2D eigenvalue weighted by Crippen LogP contribution is -2.49. The van der Waals surface area contributed by atoms with E-state index in [-0.39, 0.29) is 0 Å². The summed E-state index contributed by atoms with van der Waals surface area (Å²) in [5.41, 5.74) is -2.02. The second-order valence-corrected chi connectivity index (χ2v) is 7.03. The van der Waals surface area contributed by atoms with Crippen LogP contribution in [0.5, 0.6) is 0 Å². The fourth-order valence-electron chi connectivity index (χ4n) is 2.77. The van der Waals surface area contributed by atoms with Gasteiger partial charge < -0.3 is 10.2 Å².